The van der Waals surface area contributed by atoms with Crippen molar-refractivity contribution in [3.05, 3.63) is 23.4 Å². The molecule has 0 N–H and O–H groups in total. The van der Waals surface area contributed by atoms with Gasteiger partial charge in [-0.3, -0.25) is 9.69 Å². The molecule has 2 aromatic rings. The van der Waals surface area contributed by atoms with Gasteiger partial charge >= 0.3 is 0 Å². The van der Waals surface area contributed by atoms with Crippen LogP contribution in [0.4, 0.5) is 0 Å². The molecule has 0 radical (unpaired) electrons. The number of hydrogen-bond acceptors (Lipinski definition) is 6. The van der Waals surface area contributed by atoms with Gasteiger partial charge < -0.3 is 9.32 Å². The second-order valence-corrected chi connectivity index (χ2v) is 5.75. The lowest BCUT2D eigenvalue weighted by molar-refractivity contribution is -0.130. The molecule has 2 aromatic heterocycles. The van der Waals surface area contributed by atoms with E-state index in [4.69, 9.17) is 4.42 Å². The monoisotopic (exact) mass is 294 g/mol. The minimum Gasteiger partial charge on any atom is -0.418 e. The fraction of sp³-hybridized carbons (Fsp3) is 0.462. The molecular formula is C13H18N4O2S. The number of nitrogens with zero attached hydrogens (tertiary/aromatic N) is 4. The standard InChI is InChI=1S/C13H18N4O2S/c1-9(17(4)8-11(18)16(2)3)12-14-15-13(19-12)10-6-5-7-20-10/h5-7,9H,8H2,1-4H3/t9-/m0/s1. The Labute approximate surface area is 122 Å². The van der Waals surface area contributed by atoms with Crippen LogP contribution in [0.5, 0.6) is 0 Å². The first kappa shape index (κ1) is 14.7. The number of amides is 1. The van der Waals surface area contributed by atoms with Gasteiger partial charge in [-0.05, 0) is 25.4 Å². The fourth-order valence-electron chi connectivity index (χ4n) is 1.58. The van der Waals surface area contributed by atoms with Crippen LogP contribution in [0.25, 0.3) is 10.8 Å². The van der Waals surface area contributed by atoms with Gasteiger partial charge in [-0.2, -0.15) is 0 Å². The Morgan fingerprint density at radius 3 is 2.75 bits per heavy atom. The van der Waals surface area contributed by atoms with Gasteiger partial charge in [-0.15, -0.1) is 21.5 Å². The van der Waals surface area contributed by atoms with Crippen LogP contribution in [0.15, 0.2) is 21.9 Å². The molecule has 0 aliphatic carbocycles. The van der Waals surface area contributed by atoms with Crippen molar-refractivity contribution in [2.24, 2.45) is 0 Å². The zero-order valence-corrected chi connectivity index (χ0v) is 12.8. The van der Waals surface area contributed by atoms with Gasteiger partial charge in [0.25, 0.3) is 5.89 Å². The van der Waals surface area contributed by atoms with Crippen LogP contribution in [0.2, 0.25) is 0 Å². The molecule has 0 unspecified atom stereocenters. The van der Waals surface area contributed by atoms with Gasteiger partial charge in [0.2, 0.25) is 11.8 Å². The highest BCUT2D eigenvalue weighted by atomic mass is 32.1. The van der Waals surface area contributed by atoms with E-state index in [0.29, 0.717) is 18.3 Å². The van der Waals surface area contributed by atoms with Gasteiger partial charge in [0, 0.05) is 14.1 Å². The Balaban J connectivity index is 2.06. The molecule has 0 fully saturated rings. The fourth-order valence-corrected chi connectivity index (χ4v) is 2.23. The van der Waals surface area contributed by atoms with Gasteiger partial charge in [0.15, 0.2) is 0 Å². The van der Waals surface area contributed by atoms with E-state index in [1.54, 1.807) is 30.3 Å². The van der Waals surface area contributed by atoms with Crippen LogP contribution in [-0.4, -0.2) is 53.6 Å². The second-order valence-electron chi connectivity index (χ2n) is 4.80. The molecule has 6 nitrogen and oxygen atoms in total. The minimum atomic E-state index is -0.111. The summed E-state index contributed by atoms with van der Waals surface area (Å²) in [5.74, 6) is 1.08. The first-order chi connectivity index (χ1) is 9.49. The lowest BCUT2D eigenvalue weighted by Crippen LogP contribution is -2.35. The number of aromatic nitrogens is 2. The SMILES string of the molecule is C[C@@H](c1nnc(-c2cccs2)o1)N(C)CC(=O)N(C)C. The van der Waals surface area contributed by atoms with Gasteiger partial charge in [-0.1, -0.05) is 6.07 Å². The molecule has 0 bridgehead atoms. The molecule has 2 rings (SSSR count). The average Bonchev–Trinajstić information content (AvgIpc) is 3.07. The predicted molar refractivity (Wildman–Crippen MR) is 77.4 cm³/mol. The Kier molecular flexibility index (Phi) is 4.51. The molecule has 0 aliphatic heterocycles. The van der Waals surface area contributed by atoms with Crippen LogP contribution in [0, 0.1) is 0 Å². The van der Waals surface area contributed by atoms with Crippen molar-refractivity contribution >= 4 is 17.2 Å². The minimum absolute atomic E-state index is 0.0392. The van der Waals surface area contributed by atoms with Crippen LogP contribution in [0.3, 0.4) is 0 Å². The lowest BCUT2D eigenvalue weighted by atomic mass is 10.3. The van der Waals surface area contributed by atoms with E-state index in [-0.39, 0.29) is 11.9 Å². The van der Waals surface area contributed by atoms with Crippen molar-refractivity contribution in [3.8, 4) is 10.8 Å². The first-order valence-electron chi connectivity index (χ1n) is 6.26. The Morgan fingerprint density at radius 2 is 2.15 bits per heavy atom. The van der Waals surface area contributed by atoms with Crippen LogP contribution in [-0.2, 0) is 4.79 Å². The van der Waals surface area contributed by atoms with Crippen molar-refractivity contribution < 1.29 is 9.21 Å². The van der Waals surface area contributed by atoms with Crippen LogP contribution in [0.1, 0.15) is 18.9 Å². The highest BCUT2D eigenvalue weighted by molar-refractivity contribution is 7.13. The molecule has 0 aromatic carbocycles. The summed E-state index contributed by atoms with van der Waals surface area (Å²) in [7, 11) is 5.34. The van der Waals surface area contributed by atoms with Crippen molar-refractivity contribution in [3.63, 3.8) is 0 Å². The van der Waals surface area contributed by atoms with E-state index in [0.717, 1.165) is 4.88 Å². The summed E-state index contributed by atoms with van der Waals surface area (Å²) < 4.78 is 5.67. The number of likely N-dealkylation sites (N-methyl/N-ethyl adjacent to an activating group) is 2. The normalized spacial score (nSPS) is 12.7. The van der Waals surface area contributed by atoms with Crippen molar-refractivity contribution in [2.45, 2.75) is 13.0 Å². The van der Waals surface area contributed by atoms with E-state index in [1.165, 1.54) is 0 Å². The first-order valence-corrected chi connectivity index (χ1v) is 7.14. The Morgan fingerprint density at radius 1 is 1.40 bits per heavy atom. The summed E-state index contributed by atoms with van der Waals surface area (Å²) in [4.78, 5) is 16.1. The van der Waals surface area contributed by atoms with Gasteiger partial charge in [0.1, 0.15) is 0 Å². The van der Waals surface area contributed by atoms with E-state index < -0.39 is 0 Å². The second kappa shape index (κ2) is 6.15. The lowest BCUT2D eigenvalue weighted by Gasteiger charge is -2.22. The summed E-state index contributed by atoms with van der Waals surface area (Å²) in [6.45, 7) is 2.25. The van der Waals surface area contributed by atoms with Crippen LogP contribution >= 0.6 is 11.3 Å². The molecule has 1 amide bonds. The van der Waals surface area contributed by atoms with Crippen molar-refractivity contribution in [1.29, 1.82) is 0 Å². The van der Waals surface area contributed by atoms with Crippen molar-refractivity contribution in [1.82, 2.24) is 20.0 Å². The quantitative estimate of drug-likeness (QED) is 0.842. The molecule has 0 aliphatic rings. The summed E-state index contributed by atoms with van der Waals surface area (Å²) in [5.41, 5.74) is 0. The highest BCUT2D eigenvalue weighted by Crippen LogP contribution is 2.26. The predicted octanol–water partition coefficient (Wildman–Crippen LogP) is 1.88. The molecule has 20 heavy (non-hydrogen) atoms. The topological polar surface area (TPSA) is 62.5 Å². The smallest absolute Gasteiger partial charge is 0.257 e. The third kappa shape index (κ3) is 3.23. The van der Waals surface area contributed by atoms with E-state index in [2.05, 4.69) is 10.2 Å². The number of rotatable bonds is 5. The van der Waals surface area contributed by atoms with Gasteiger partial charge in [-0.25, -0.2) is 0 Å². The summed E-state index contributed by atoms with van der Waals surface area (Å²) in [6, 6.07) is 3.77. The highest BCUT2D eigenvalue weighted by Gasteiger charge is 2.21. The molecule has 108 valence electrons. The number of thiophene rings is 1. The average molecular weight is 294 g/mol. The van der Waals surface area contributed by atoms with Gasteiger partial charge in [0.05, 0.1) is 17.5 Å². The molecule has 0 saturated heterocycles. The third-order valence-electron chi connectivity index (χ3n) is 3.07. The van der Waals surface area contributed by atoms with Crippen LogP contribution < -0.4 is 0 Å². The molecule has 2 heterocycles. The molecule has 1 atom stereocenters. The maximum atomic E-state index is 11.7. The maximum absolute atomic E-state index is 11.7. The molecular weight excluding hydrogens is 276 g/mol. The molecule has 7 heteroatoms. The maximum Gasteiger partial charge on any atom is 0.257 e. The third-order valence-corrected chi connectivity index (χ3v) is 3.93. The molecule has 0 spiro atoms. The van der Waals surface area contributed by atoms with E-state index in [9.17, 15) is 4.79 Å². The zero-order valence-electron chi connectivity index (χ0n) is 12.0. The summed E-state index contributed by atoms with van der Waals surface area (Å²) >= 11 is 1.55. The Bertz CT molecular complexity index is 565. The molecule has 0 saturated carbocycles. The van der Waals surface area contributed by atoms with Crippen molar-refractivity contribution in [2.75, 3.05) is 27.7 Å². The summed E-state index contributed by atoms with van der Waals surface area (Å²) in [6.07, 6.45) is 0. The summed E-state index contributed by atoms with van der Waals surface area (Å²) in [5, 5.41) is 10.1. The number of carbonyl (C=O) groups excluding carboxylic acids is 1. The van der Waals surface area contributed by atoms with E-state index in [1.807, 2.05) is 36.4 Å². The van der Waals surface area contributed by atoms with E-state index >= 15 is 0 Å². The largest absolute Gasteiger partial charge is 0.418 e. The zero-order chi connectivity index (χ0) is 14.7. The number of hydrogen-bond donors (Lipinski definition) is 0. The Hall–Kier alpha value is -1.73. The number of carbonyl (C=O) groups is 1.